The van der Waals surface area contributed by atoms with Crippen molar-refractivity contribution < 1.29 is 18.7 Å². The standard InChI is InChI=1S/C26H25FN4O3S/c1-15-16(2)21(34-19-9-12-30-22(14-19)26(10-11-26)24(28)33)8-7-20(15)31(25(29)35)23(32)13-17-3-5-18(27)6-4-17/h3-9,12,14H,10-11,13H2,1-2H3,(H2,28,33)(H2,29,35). The van der Waals surface area contributed by atoms with Gasteiger partial charge in [0, 0.05) is 12.3 Å². The van der Waals surface area contributed by atoms with Crippen LogP contribution < -0.4 is 21.1 Å². The van der Waals surface area contributed by atoms with Gasteiger partial charge in [0.05, 0.1) is 23.2 Å². The molecular weight excluding hydrogens is 467 g/mol. The number of primary amides is 1. The predicted octanol–water partition coefficient (Wildman–Crippen LogP) is 3.97. The Morgan fingerprint density at radius 1 is 1.09 bits per heavy atom. The number of hydrogen-bond donors (Lipinski definition) is 2. The van der Waals surface area contributed by atoms with Crippen LogP contribution in [0.15, 0.2) is 54.7 Å². The lowest BCUT2D eigenvalue weighted by atomic mass is 10.0. The number of carbonyl (C=O) groups is 2. The molecule has 0 saturated heterocycles. The molecule has 0 bridgehead atoms. The van der Waals surface area contributed by atoms with Gasteiger partial charge in [-0.1, -0.05) is 12.1 Å². The molecular formula is C26H25FN4O3S. The van der Waals surface area contributed by atoms with Crippen LogP contribution in [0.3, 0.4) is 0 Å². The number of nitrogens with zero attached hydrogens (tertiary/aromatic N) is 2. The van der Waals surface area contributed by atoms with Gasteiger partial charge < -0.3 is 16.2 Å². The van der Waals surface area contributed by atoms with Crippen molar-refractivity contribution in [3.8, 4) is 11.5 Å². The highest BCUT2D eigenvalue weighted by Gasteiger charge is 2.51. The third kappa shape index (κ3) is 4.85. The number of nitrogens with two attached hydrogens (primary N) is 2. The number of halogens is 1. The summed E-state index contributed by atoms with van der Waals surface area (Å²) in [5, 5.41) is -0.0896. The van der Waals surface area contributed by atoms with E-state index in [4.69, 9.17) is 28.4 Å². The van der Waals surface area contributed by atoms with Gasteiger partial charge in [-0.25, -0.2) is 4.39 Å². The van der Waals surface area contributed by atoms with Gasteiger partial charge in [0.15, 0.2) is 5.11 Å². The zero-order valence-corrected chi connectivity index (χ0v) is 20.2. The largest absolute Gasteiger partial charge is 0.457 e. The van der Waals surface area contributed by atoms with E-state index >= 15 is 0 Å². The molecule has 4 rings (SSSR count). The highest BCUT2D eigenvalue weighted by molar-refractivity contribution is 7.80. The third-order valence-corrected chi connectivity index (χ3v) is 6.54. The molecule has 180 valence electrons. The first-order valence-electron chi connectivity index (χ1n) is 11.0. The highest BCUT2D eigenvalue weighted by atomic mass is 32.1. The van der Waals surface area contributed by atoms with Crippen LogP contribution in [0.1, 0.15) is 35.2 Å². The highest BCUT2D eigenvalue weighted by Crippen LogP contribution is 2.47. The molecule has 1 fully saturated rings. The first kappa shape index (κ1) is 24.3. The summed E-state index contributed by atoms with van der Waals surface area (Å²) in [7, 11) is 0. The van der Waals surface area contributed by atoms with Gasteiger partial charge in [0.25, 0.3) is 0 Å². The number of ether oxygens (including phenoxy) is 1. The average Bonchev–Trinajstić information content (AvgIpc) is 3.63. The normalized spacial score (nSPS) is 13.7. The molecule has 1 saturated carbocycles. The van der Waals surface area contributed by atoms with Gasteiger partial charge in [-0.05, 0) is 85.9 Å². The molecule has 0 aliphatic heterocycles. The van der Waals surface area contributed by atoms with Crippen LogP contribution >= 0.6 is 12.2 Å². The lowest BCUT2D eigenvalue weighted by Crippen LogP contribution is -2.42. The minimum Gasteiger partial charge on any atom is -0.457 e. The summed E-state index contributed by atoms with van der Waals surface area (Å²) in [6.07, 6.45) is 2.95. The average molecular weight is 493 g/mol. The zero-order chi connectivity index (χ0) is 25.3. The maximum Gasteiger partial charge on any atom is 0.237 e. The van der Waals surface area contributed by atoms with Crippen molar-refractivity contribution in [2.45, 2.75) is 38.5 Å². The van der Waals surface area contributed by atoms with Gasteiger partial charge >= 0.3 is 0 Å². The number of rotatable bonds is 7. The Labute approximate surface area is 207 Å². The summed E-state index contributed by atoms with van der Waals surface area (Å²) < 4.78 is 19.3. The van der Waals surface area contributed by atoms with Crippen molar-refractivity contribution in [2.75, 3.05) is 4.90 Å². The predicted molar refractivity (Wildman–Crippen MR) is 135 cm³/mol. The Morgan fingerprint density at radius 3 is 2.37 bits per heavy atom. The summed E-state index contributed by atoms with van der Waals surface area (Å²) >= 11 is 5.18. The molecule has 1 heterocycles. The summed E-state index contributed by atoms with van der Waals surface area (Å²) in [6, 6.07) is 12.6. The van der Waals surface area contributed by atoms with Crippen LogP contribution in [0.5, 0.6) is 11.5 Å². The first-order valence-corrected chi connectivity index (χ1v) is 11.4. The van der Waals surface area contributed by atoms with Crippen LogP contribution in [0.25, 0.3) is 0 Å². The lowest BCUT2D eigenvalue weighted by molar-refractivity contribution is -0.120. The second-order valence-electron chi connectivity index (χ2n) is 8.63. The number of aromatic nitrogens is 1. The van der Waals surface area contributed by atoms with Crippen LogP contribution in [0.4, 0.5) is 10.1 Å². The van der Waals surface area contributed by atoms with E-state index in [1.54, 1.807) is 42.6 Å². The number of anilines is 1. The monoisotopic (exact) mass is 492 g/mol. The van der Waals surface area contributed by atoms with Gasteiger partial charge in [0.1, 0.15) is 17.3 Å². The molecule has 1 aliphatic rings. The smallest absolute Gasteiger partial charge is 0.237 e. The Morgan fingerprint density at radius 2 is 1.77 bits per heavy atom. The molecule has 1 aliphatic carbocycles. The lowest BCUT2D eigenvalue weighted by Gasteiger charge is -2.25. The van der Waals surface area contributed by atoms with E-state index < -0.39 is 5.41 Å². The molecule has 1 aromatic heterocycles. The molecule has 0 radical (unpaired) electrons. The van der Waals surface area contributed by atoms with E-state index in [1.165, 1.54) is 17.0 Å². The first-order chi connectivity index (χ1) is 16.6. The Kier molecular flexibility index (Phi) is 6.53. The van der Waals surface area contributed by atoms with Gasteiger partial charge in [0.2, 0.25) is 11.8 Å². The van der Waals surface area contributed by atoms with Crippen molar-refractivity contribution in [3.63, 3.8) is 0 Å². The molecule has 0 atom stereocenters. The molecule has 3 aromatic rings. The van der Waals surface area contributed by atoms with Crippen molar-refractivity contribution in [2.24, 2.45) is 11.5 Å². The molecule has 0 spiro atoms. The van der Waals surface area contributed by atoms with Gasteiger partial charge in [-0.15, -0.1) is 0 Å². The minimum absolute atomic E-state index is 0.00969. The van der Waals surface area contributed by atoms with E-state index in [9.17, 15) is 14.0 Å². The van der Waals surface area contributed by atoms with E-state index in [-0.39, 0.29) is 29.2 Å². The van der Waals surface area contributed by atoms with E-state index in [0.717, 1.165) is 11.1 Å². The molecule has 35 heavy (non-hydrogen) atoms. The molecule has 2 amide bonds. The maximum atomic E-state index is 13.2. The molecule has 0 unspecified atom stereocenters. The summed E-state index contributed by atoms with van der Waals surface area (Å²) in [5.74, 6) is -0.00262. The SMILES string of the molecule is Cc1c(Oc2ccnc(C3(C(N)=O)CC3)c2)ccc(N(C(=O)Cc2ccc(F)cc2)C(N)=S)c1C. The number of pyridine rings is 1. The molecule has 4 N–H and O–H groups in total. The Hall–Kier alpha value is -3.85. The van der Waals surface area contributed by atoms with Crippen LogP contribution in [-0.4, -0.2) is 21.9 Å². The maximum absolute atomic E-state index is 13.2. The molecule has 2 aromatic carbocycles. The van der Waals surface area contributed by atoms with Crippen molar-refractivity contribution in [1.82, 2.24) is 4.98 Å². The number of thiocarbonyl (C=S) groups is 1. The van der Waals surface area contributed by atoms with Crippen LogP contribution in [0, 0.1) is 19.7 Å². The second kappa shape index (κ2) is 9.42. The number of amides is 2. The number of benzene rings is 2. The van der Waals surface area contributed by atoms with Crippen LogP contribution in [0.2, 0.25) is 0 Å². The minimum atomic E-state index is -0.712. The van der Waals surface area contributed by atoms with Crippen molar-refractivity contribution in [3.05, 3.63) is 82.9 Å². The second-order valence-corrected chi connectivity index (χ2v) is 9.05. The fraction of sp³-hybridized carbons (Fsp3) is 0.231. The summed E-state index contributed by atoms with van der Waals surface area (Å²) in [6.45, 7) is 3.71. The van der Waals surface area contributed by atoms with Gasteiger partial charge in [-0.3, -0.25) is 19.5 Å². The molecule has 7 nitrogen and oxygen atoms in total. The topological polar surface area (TPSA) is 112 Å². The van der Waals surface area contributed by atoms with Gasteiger partial charge in [-0.2, -0.15) is 0 Å². The number of carbonyl (C=O) groups excluding carboxylic acids is 2. The summed E-state index contributed by atoms with van der Waals surface area (Å²) in [5.41, 5.74) is 14.1. The van der Waals surface area contributed by atoms with E-state index in [1.807, 2.05) is 13.8 Å². The van der Waals surface area contributed by atoms with E-state index in [0.29, 0.717) is 41.3 Å². The fourth-order valence-electron chi connectivity index (χ4n) is 3.98. The number of hydrogen-bond acceptors (Lipinski definition) is 5. The summed E-state index contributed by atoms with van der Waals surface area (Å²) in [4.78, 5) is 30.5. The van der Waals surface area contributed by atoms with Crippen LogP contribution in [-0.2, 0) is 21.4 Å². The Bertz CT molecular complexity index is 1320. The Balaban J connectivity index is 1.59. The third-order valence-electron chi connectivity index (χ3n) is 6.36. The quantitative estimate of drug-likeness (QED) is 0.483. The van der Waals surface area contributed by atoms with Crippen molar-refractivity contribution in [1.29, 1.82) is 0 Å². The molecule has 9 heteroatoms. The zero-order valence-electron chi connectivity index (χ0n) is 19.4. The fourth-order valence-corrected chi connectivity index (χ4v) is 4.18. The van der Waals surface area contributed by atoms with Crippen molar-refractivity contribution >= 4 is 34.8 Å². The van der Waals surface area contributed by atoms with E-state index in [2.05, 4.69) is 4.98 Å².